The van der Waals surface area contributed by atoms with E-state index >= 15 is 0 Å². The van der Waals surface area contributed by atoms with Gasteiger partial charge >= 0.3 is 0 Å². The molecule has 3 aliphatic rings. The van der Waals surface area contributed by atoms with E-state index in [0.29, 0.717) is 0 Å². The van der Waals surface area contributed by atoms with Crippen LogP contribution in [0.25, 0.3) is 0 Å². The molecule has 0 radical (unpaired) electrons. The van der Waals surface area contributed by atoms with E-state index in [0.717, 1.165) is 18.0 Å². The highest BCUT2D eigenvalue weighted by molar-refractivity contribution is 5.85. The van der Waals surface area contributed by atoms with Crippen LogP contribution in [0.4, 0.5) is 0 Å². The first-order chi connectivity index (χ1) is 10.7. The molecular weight excluding hydrogens is 308 g/mol. The van der Waals surface area contributed by atoms with Crippen molar-refractivity contribution < 1.29 is 0 Å². The van der Waals surface area contributed by atoms with E-state index < -0.39 is 0 Å². The lowest BCUT2D eigenvalue weighted by molar-refractivity contribution is 0.0953. The Morgan fingerprint density at radius 3 is 1.96 bits per heavy atom. The Labute approximate surface area is 149 Å². The normalized spacial score (nSPS) is 32.1. The van der Waals surface area contributed by atoms with Gasteiger partial charge < -0.3 is 10.2 Å². The highest BCUT2D eigenvalue weighted by atomic mass is 35.5. The number of piperazine rings is 1. The minimum Gasteiger partial charge on any atom is -0.317 e. The lowest BCUT2D eigenvalue weighted by atomic mass is 9.97. The quantitative estimate of drug-likeness (QED) is 0.822. The highest BCUT2D eigenvalue weighted by Crippen LogP contribution is 2.23. The topological polar surface area (TPSA) is 21.8 Å². The fourth-order valence-electron chi connectivity index (χ4n) is 4.57. The van der Waals surface area contributed by atoms with Gasteiger partial charge in [0.05, 0.1) is 0 Å². The lowest BCUT2D eigenvalue weighted by Crippen LogP contribution is -2.50. The summed E-state index contributed by atoms with van der Waals surface area (Å²) in [6.45, 7) is 16.3. The second-order valence-corrected chi connectivity index (χ2v) is 7.85. The van der Waals surface area contributed by atoms with E-state index in [1.165, 1.54) is 84.6 Å². The third kappa shape index (κ3) is 5.57. The zero-order chi connectivity index (χ0) is 15.4. The second-order valence-electron chi connectivity index (χ2n) is 7.85. The van der Waals surface area contributed by atoms with Gasteiger partial charge in [-0.15, -0.1) is 12.4 Å². The van der Waals surface area contributed by atoms with Crippen LogP contribution in [0.3, 0.4) is 0 Å². The van der Waals surface area contributed by atoms with Crippen LogP contribution in [0.2, 0.25) is 0 Å². The van der Waals surface area contributed by atoms with E-state index in [4.69, 9.17) is 0 Å². The molecule has 3 aliphatic heterocycles. The number of hydrogen-bond acceptors (Lipinski definition) is 4. The average molecular weight is 345 g/mol. The third-order valence-electron chi connectivity index (χ3n) is 6.25. The number of nitrogens with one attached hydrogen (secondary N) is 1. The Balaban J connectivity index is 0.00000192. The molecule has 1 N–H and O–H groups in total. The van der Waals surface area contributed by atoms with Crippen molar-refractivity contribution in [2.45, 2.75) is 51.6 Å². The van der Waals surface area contributed by atoms with E-state index in [1.807, 2.05) is 0 Å². The fourth-order valence-corrected chi connectivity index (χ4v) is 4.57. The number of likely N-dealkylation sites (tertiary alicyclic amines) is 1. The maximum Gasteiger partial charge on any atom is 0.0115 e. The van der Waals surface area contributed by atoms with Crippen molar-refractivity contribution in [1.29, 1.82) is 0 Å². The maximum atomic E-state index is 3.48. The van der Waals surface area contributed by atoms with Crippen molar-refractivity contribution in [2.75, 3.05) is 58.9 Å². The van der Waals surface area contributed by atoms with Gasteiger partial charge in [-0.1, -0.05) is 0 Å². The molecule has 136 valence electrons. The largest absolute Gasteiger partial charge is 0.317 e. The van der Waals surface area contributed by atoms with Gasteiger partial charge in [0.15, 0.2) is 0 Å². The number of rotatable bonds is 5. The predicted molar refractivity (Wildman–Crippen MR) is 101 cm³/mol. The molecule has 0 aromatic rings. The summed E-state index contributed by atoms with van der Waals surface area (Å²) in [6, 6.07) is 1.60. The van der Waals surface area contributed by atoms with Gasteiger partial charge in [0, 0.05) is 57.9 Å². The molecule has 4 nitrogen and oxygen atoms in total. The molecule has 0 amide bonds. The SMILES string of the molecule is CC1CCC(C)N1CCN1CCN(CC2CCNCC2)CC1.Cl. The molecular formula is C18H37ClN4. The summed E-state index contributed by atoms with van der Waals surface area (Å²) < 4.78 is 0. The van der Waals surface area contributed by atoms with Crippen LogP contribution in [0, 0.1) is 5.92 Å². The summed E-state index contributed by atoms with van der Waals surface area (Å²) in [5.41, 5.74) is 0. The summed E-state index contributed by atoms with van der Waals surface area (Å²) in [6.07, 6.45) is 5.55. The molecule has 3 fully saturated rings. The first-order valence-corrected chi connectivity index (χ1v) is 9.63. The first kappa shape index (κ1) is 19.5. The van der Waals surface area contributed by atoms with E-state index in [2.05, 4.69) is 33.9 Å². The summed E-state index contributed by atoms with van der Waals surface area (Å²) >= 11 is 0. The molecule has 0 spiro atoms. The third-order valence-corrected chi connectivity index (χ3v) is 6.25. The van der Waals surface area contributed by atoms with Gasteiger partial charge in [-0.05, 0) is 58.5 Å². The zero-order valence-corrected chi connectivity index (χ0v) is 16.0. The second kappa shape index (κ2) is 9.57. The van der Waals surface area contributed by atoms with Crippen LogP contribution in [0.15, 0.2) is 0 Å². The van der Waals surface area contributed by atoms with Gasteiger partial charge in [0.1, 0.15) is 0 Å². The predicted octanol–water partition coefficient (Wildman–Crippen LogP) is 1.90. The van der Waals surface area contributed by atoms with Crippen molar-refractivity contribution in [1.82, 2.24) is 20.0 Å². The minimum absolute atomic E-state index is 0. The molecule has 3 heterocycles. The van der Waals surface area contributed by atoms with Gasteiger partial charge in [-0.2, -0.15) is 0 Å². The van der Waals surface area contributed by atoms with Crippen molar-refractivity contribution in [3.05, 3.63) is 0 Å². The summed E-state index contributed by atoms with van der Waals surface area (Å²) in [5.74, 6) is 0.944. The van der Waals surface area contributed by atoms with E-state index in [9.17, 15) is 0 Å². The Kier molecular flexibility index (Phi) is 8.10. The molecule has 5 heteroatoms. The van der Waals surface area contributed by atoms with Gasteiger partial charge in [0.2, 0.25) is 0 Å². The Morgan fingerprint density at radius 1 is 0.783 bits per heavy atom. The maximum absolute atomic E-state index is 3.48. The molecule has 2 unspecified atom stereocenters. The Hall–Kier alpha value is 0.130. The molecule has 23 heavy (non-hydrogen) atoms. The fraction of sp³-hybridized carbons (Fsp3) is 1.00. The highest BCUT2D eigenvalue weighted by Gasteiger charge is 2.28. The number of hydrogen-bond donors (Lipinski definition) is 1. The van der Waals surface area contributed by atoms with Crippen LogP contribution in [-0.2, 0) is 0 Å². The summed E-state index contributed by atoms with van der Waals surface area (Å²) in [7, 11) is 0. The van der Waals surface area contributed by atoms with Crippen molar-refractivity contribution in [2.24, 2.45) is 5.92 Å². The first-order valence-electron chi connectivity index (χ1n) is 9.63. The van der Waals surface area contributed by atoms with E-state index in [1.54, 1.807) is 0 Å². The molecule has 3 saturated heterocycles. The van der Waals surface area contributed by atoms with Crippen LogP contribution < -0.4 is 5.32 Å². The monoisotopic (exact) mass is 344 g/mol. The molecule has 3 rings (SSSR count). The molecule has 2 atom stereocenters. The number of nitrogens with zero attached hydrogens (tertiary/aromatic N) is 3. The number of halogens is 1. The molecule has 0 aliphatic carbocycles. The van der Waals surface area contributed by atoms with Gasteiger partial charge in [-0.25, -0.2) is 0 Å². The number of piperidine rings is 1. The van der Waals surface area contributed by atoms with Crippen LogP contribution in [-0.4, -0.2) is 85.7 Å². The van der Waals surface area contributed by atoms with Gasteiger partial charge in [0.25, 0.3) is 0 Å². The van der Waals surface area contributed by atoms with Crippen LogP contribution in [0.5, 0.6) is 0 Å². The van der Waals surface area contributed by atoms with Crippen molar-refractivity contribution in [3.63, 3.8) is 0 Å². The van der Waals surface area contributed by atoms with Crippen molar-refractivity contribution in [3.8, 4) is 0 Å². The van der Waals surface area contributed by atoms with Gasteiger partial charge in [-0.3, -0.25) is 9.80 Å². The zero-order valence-electron chi connectivity index (χ0n) is 15.2. The van der Waals surface area contributed by atoms with Crippen LogP contribution in [0.1, 0.15) is 39.5 Å². The molecule has 0 aromatic heterocycles. The van der Waals surface area contributed by atoms with E-state index in [-0.39, 0.29) is 12.4 Å². The molecule has 0 saturated carbocycles. The van der Waals surface area contributed by atoms with Crippen LogP contribution >= 0.6 is 12.4 Å². The summed E-state index contributed by atoms with van der Waals surface area (Å²) in [4.78, 5) is 8.13. The Bertz CT molecular complexity index is 317. The van der Waals surface area contributed by atoms with Crippen molar-refractivity contribution >= 4 is 12.4 Å². The lowest BCUT2D eigenvalue weighted by Gasteiger charge is -2.38. The molecule has 0 aromatic carbocycles. The Morgan fingerprint density at radius 2 is 1.35 bits per heavy atom. The summed E-state index contributed by atoms with van der Waals surface area (Å²) in [5, 5.41) is 3.48. The molecule has 0 bridgehead atoms. The minimum atomic E-state index is 0. The smallest absolute Gasteiger partial charge is 0.0115 e. The average Bonchev–Trinajstić information content (AvgIpc) is 2.86. The standard InChI is InChI=1S/C18H36N4.ClH/c1-16-3-4-17(2)22(16)14-13-20-9-11-21(12-10-20)15-18-5-7-19-8-6-18;/h16-19H,3-15H2,1-2H3;1H.